The van der Waals surface area contributed by atoms with Crippen molar-refractivity contribution in [1.29, 1.82) is 0 Å². The van der Waals surface area contributed by atoms with Gasteiger partial charge < -0.3 is 9.26 Å². The van der Waals surface area contributed by atoms with Gasteiger partial charge in [0.15, 0.2) is 0 Å². The lowest BCUT2D eigenvalue weighted by Gasteiger charge is -2.08. The Hall–Kier alpha value is -2.83. The summed E-state index contributed by atoms with van der Waals surface area (Å²) in [4.78, 5) is 4.22. The summed E-state index contributed by atoms with van der Waals surface area (Å²) < 4.78 is 45.4. The van der Waals surface area contributed by atoms with Crippen LogP contribution in [0.15, 0.2) is 59.2 Å². The molecule has 0 aliphatic rings. The zero-order valence-corrected chi connectivity index (χ0v) is 13.1. The van der Waals surface area contributed by atoms with E-state index in [-0.39, 0.29) is 17.5 Å². The Morgan fingerprint density at radius 1 is 1.17 bits per heavy atom. The second kappa shape index (κ2) is 7.16. The number of allylic oxidation sites excluding steroid dienone is 5. The van der Waals surface area contributed by atoms with Crippen LogP contribution in [0.2, 0.25) is 0 Å². The third kappa shape index (κ3) is 4.84. The van der Waals surface area contributed by atoms with Gasteiger partial charge in [0.25, 0.3) is 5.89 Å². The summed E-state index contributed by atoms with van der Waals surface area (Å²) in [7, 11) is 0. The minimum atomic E-state index is -4.73. The van der Waals surface area contributed by atoms with Crippen molar-refractivity contribution < 1.29 is 22.4 Å². The van der Waals surface area contributed by atoms with Crippen LogP contribution < -0.4 is 4.74 Å². The maximum Gasteiger partial charge on any atom is 0.573 e. The molecule has 1 aromatic heterocycles. The molecular weight excluding hydrogens is 321 g/mol. The van der Waals surface area contributed by atoms with Crippen molar-refractivity contribution in [3.8, 4) is 17.1 Å². The van der Waals surface area contributed by atoms with Crippen molar-refractivity contribution in [2.45, 2.75) is 20.2 Å². The Bertz CT molecular complexity index is 768. The Labute approximate surface area is 136 Å². The summed E-state index contributed by atoms with van der Waals surface area (Å²) in [6.07, 6.45) is 0.524. The third-order valence-electron chi connectivity index (χ3n) is 2.84. The zero-order valence-electron chi connectivity index (χ0n) is 13.1. The third-order valence-corrected chi connectivity index (χ3v) is 2.84. The van der Waals surface area contributed by atoms with E-state index in [1.54, 1.807) is 12.2 Å². The number of hydrogen-bond donors (Lipinski definition) is 0. The van der Waals surface area contributed by atoms with Gasteiger partial charge in [-0.1, -0.05) is 29.5 Å². The topological polar surface area (TPSA) is 48.2 Å². The normalized spacial score (nSPS) is 12.0. The average molecular weight is 336 g/mol. The van der Waals surface area contributed by atoms with E-state index in [2.05, 4.69) is 21.5 Å². The highest BCUT2D eigenvalue weighted by atomic mass is 19.4. The number of benzene rings is 1. The first-order valence-electron chi connectivity index (χ1n) is 6.96. The fourth-order valence-corrected chi connectivity index (χ4v) is 1.75. The largest absolute Gasteiger partial charge is 0.573 e. The molecule has 0 saturated heterocycles. The molecule has 2 aromatic rings. The molecule has 0 unspecified atom stereocenters. The molecule has 0 saturated carbocycles. The number of hydrogen-bond acceptors (Lipinski definition) is 4. The summed E-state index contributed by atoms with van der Waals surface area (Å²) >= 11 is 0. The molecular formula is C17H15F3N2O2. The molecule has 0 radical (unpaired) electrons. The monoisotopic (exact) mass is 336 g/mol. The maximum atomic E-state index is 12.1. The molecule has 0 aliphatic heterocycles. The first-order chi connectivity index (χ1) is 11.3. The van der Waals surface area contributed by atoms with Crippen LogP contribution in [-0.2, 0) is 0 Å². The van der Waals surface area contributed by atoms with E-state index >= 15 is 0 Å². The quantitative estimate of drug-likeness (QED) is 0.707. The summed E-state index contributed by atoms with van der Waals surface area (Å²) in [5.74, 6) is 0.215. The lowest BCUT2D eigenvalue weighted by Crippen LogP contribution is -2.16. The first kappa shape index (κ1) is 17.5. The highest BCUT2D eigenvalue weighted by Crippen LogP contribution is 2.26. The van der Waals surface area contributed by atoms with Gasteiger partial charge in [0.05, 0.1) is 0 Å². The maximum absolute atomic E-state index is 12.1. The molecule has 1 heterocycles. The van der Waals surface area contributed by atoms with E-state index in [4.69, 9.17) is 4.52 Å². The average Bonchev–Trinajstić information content (AvgIpc) is 2.96. The number of halogens is 3. The minimum Gasteiger partial charge on any atom is -0.406 e. The van der Waals surface area contributed by atoms with E-state index in [1.165, 1.54) is 24.3 Å². The predicted octanol–water partition coefficient (Wildman–Crippen LogP) is 5.17. The number of ether oxygens (including phenoxy) is 1. The lowest BCUT2D eigenvalue weighted by atomic mass is 10.2. The van der Waals surface area contributed by atoms with Crippen molar-refractivity contribution in [3.05, 3.63) is 60.5 Å². The predicted molar refractivity (Wildman–Crippen MR) is 84.0 cm³/mol. The number of aromatic nitrogens is 2. The summed E-state index contributed by atoms with van der Waals surface area (Å²) in [6.45, 7) is 7.59. The van der Waals surface area contributed by atoms with Crippen molar-refractivity contribution in [1.82, 2.24) is 10.1 Å². The smallest absolute Gasteiger partial charge is 0.406 e. The molecule has 4 nitrogen and oxygen atoms in total. The fraction of sp³-hybridized carbons (Fsp3) is 0.176. The van der Waals surface area contributed by atoms with Crippen LogP contribution in [0.25, 0.3) is 17.0 Å². The molecule has 0 amide bonds. The molecule has 0 spiro atoms. The second-order valence-corrected chi connectivity index (χ2v) is 5.07. The van der Waals surface area contributed by atoms with Gasteiger partial charge in [-0.3, -0.25) is 0 Å². The molecule has 2 rings (SSSR count). The van der Waals surface area contributed by atoms with Crippen LogP contribution in [-0.4, -0.2) is 16.5 Å². The van der Waals surface area contributed by atoms with Crippen molar-refractivity contribution in [3.63, 3.8) is 0 Å². The number of nitrogens with zero attached hydrogens (tertiary/aromatic N) is 2. The van der Waals surface area contributed by atoms with Crippen LogP contribution >= 0.6 is 0 Å². The van der Waals surface area contributed by atoms with Crippen LogP contribution in [0, 0.1) is 0 Å². The molecule has 1 aromatic carbocycles. The van der Waals surface area contributed by atoms with Gasteiger partial charge in [-0.15, -0.1) is 13.2 Å². The van der Waals surface area contributed by atoms with Crippen molar-refractivity contribution in [2.24, 2.45) is 0 Å². The number of rotatable bonds is 5. The Kier molecular flexibility index (Phi) is 5.23. The van der Waals surface area contributed by atoms with E-state index in [0.29, 0.717) is 11.1 Å². The van der Waals surface area contributed by atoms with Crippen molar-refractivity contribution in [2.75, 3.05) is 0 Å². The van der Waals surface area contributed by atoms with Crippen molar-refractivity contribution >= 4 is 5.57 Å². The molecule has 0 atom stereocenters. The minimum absolute atomic E-state index is 0.258. The second-order valence-electron chi connectivity index (χ2n) is 5.07. The molecule has 0 N–H and O–H groups in total. The van der Waals surface area contributed by atoms with E-state index < -0.39 is 6.36 Å². The van der Waals surface area contributed by atoms with Gasteiger partial charge in [-0.2, -0.15) is 4.98 Å². The van der Waals surface area contributed by atoms with E-state index in [1.807, 2.05) is 19.9 Å². The Morgan fingerprint density at radius 2 is 1.83 bits per heavy atom. The highest BCUT2D eigenvalue weighted by molar-refractivity contribution is 5.70. The summed E-state index contributed by atoms with van der Waals surface area (Å²) in [5.41, 5.74) is 2.24. The van der Waals surface area contributed by atoms with Crippen LogP contribution in [0.4, 0.5) is 13.2 Å². The zero-order chi connectivity index (χ0) is 17.7. The molecule has 0 aliphatic carbocycles. The molecule has 0 bridgehead atoms. The van der Waals surface area contributed by atoms with Gasteiger partial charge in [-0.25, -0.2) is 0 Å². The Morgan fingerprint density at radius 3 is 2.38 bits per heavy atom. The van der Waals surface area contributed by atoms with Gasteiger partial charge in [0.2, 0.25) is 5.82 Å². The summed E-state index contributed by atoms with van der Waals surface area (Å²) in [6, 6.07) is 5.21. The SMILES string of the molecule is C=C/C(=C\C=C(C)C)c1nc(-c2ccc(OC(F)(F)F)cc2)no1. The van der Waals surface area contributed by atoms with Gasteiger partial charge in [-0.05, 0) is 44.2 Å². The van der Waals surface area contributed by atoms with Gasteiger partial charge in [0.1, 0.15) is 5.75 Å². The van der Waals surface area contributed by atoms with Gasteiger partial charge >= 0.3 is 6.36 Å². The molecule has 7 heteroatoms. The lowest BCUT2D eigenvalue weighted by molar-refractivity contribution is -0.274. The van der Waals surface area contributed by atoms with E-state index in [9.17, 15) is 13.2 Å². The van der Waals surface area contributed by atoms with Crippen LogP contribution in [0.5, 0.6) is 5.75 Å². The fourth-order valence-electron chi connectivity index (χ4n) is 1.75. The van der Waals surface area contributed by atoms with E-state index in [0.717, 1.165) is 5.57 Å². The Balaban J connectivity index is 2.22. The molecule has 126 valence electrons. The van der Waals surface area contributed by atoms with Gasteiger partial charge in [0, 0.05) is 11.1 Å². The van der Waals surface area contributed by atoms with Crippen LogP contribution in [0.1, 0.15) is 19.7 Å². The summed E-state index contributed by atoms with van der Waals surface area (Å²) in [5, 5.41) is 3.83. The first-order valence-corrected chi connectivity index (χ1v) is 6.96. The highest BCUT2D eigenvalue weighted by Gasteiger charge is 2.31. The molecule has 24 heavy (non-hydrogen) atoms. The molecule has 0 fully saturated rings. The van der Waals surface area contributed by atoms with Crippen LogP contribution in [0.3, 0.4) is 0 Å². The standard InChI is InChI=1S/C17H15F3N2O2/c1-4-12(6-5-11(2)3)16-21-15(22-24-16)13-7-9-14(10-8-13)23-17(18,19)20/h4-10H,1H2,2-3H3/b12-6+. The number of alkyl halides is 3.